The lowest BCUT2D eigenvalue weighted by molar-refractivity contribution is -0.139. The molecule has 0 atom stereocenters. The van der Waals surface area contributed by atoms with Crippen molar-refractivity contribution in [1.29, 1.82) is 0 Å². The van der Waals surface area contributed by atoms with Gasteiger partial charge in [-0.3, -0.25) is 9.59 Å². The number of hydrogen-bond acceptors (Lipinski definition) is 2. The van der Waals surface area contributed by atoms with E-state index in [9.17, 15) is 22.8 Å². The number of hydrogen-bond donors (Lipinski definition) is 1. The van der Waals surface area contributed by atoms with Crippen molar-refractivity contribution in [3.63, 3.8) is 0 Å². The third-order valence-electron chi connectivity index (χ3n) is 2.84. The molecule has 0 radical (unpaired) electrons. The molecule has 1 aromatic carbocycles. The molecule has 122 valence electrons. The van der Waals surface area contributed by atoms with Crippen molar-refractivity contribution in [2.45, 2.75) is 12.7 Å². The van der Waals surface area contributed by atoms with E-state index in [2.05, 4.69) is 5.32 Å². The van der Waals surface area contributed by atoms with E-state index in [0.717, 1.165) is 12.3 Å². The van der Waals surface area contributed by atoms with Crippen LogP contribution in [0.1, 0.15) is 5.56 Å². The zero-order valence-electron chi connectivity index (χ0n) is 11.3. The second kappa shape index (κ2) is 6.64. The number of nitrogens with zero attached hydrogens (tertiary/aromatic N) is 1. The Kier molecular flexibility index (Phi) is 5.01. The number of alkyl halides is 3. The summed E-state index contributed by atoms with van der Waals surface area (Å²) in [6, 6.07) is 6.03. The van der Waals surface area contributed by atoms with Crippen LogP contribution in [0.25, 0.3) is 0 Å². The molecule has 0 spiro atoms. The van der Waals surface area contributed by atoms with Crippen molar-refractivity contribution in [1.82, 2.24) is 4.57 Å². The van der Waals surface area contributed by atoms with Gasteiger partial charge in [-0.2, -0.15) is 13.2 Å². The summed E-state index contributed by atoms with van der Waals surface area (Å²) in [5.41, 5.74) is -2.31. The van der Waals surface area contributed by atoms with Gasteiger partial charge in [-0.15, -0.1) is 0 Å². The number of pyridine rings is 1. The molecule has 0 saturated carbocycles. The largest absolute Gasteiger partial charge is 0.421 e. The molecule has 0 bridgehead atoms. The highest BCUT2D eigenvalue weighted by Crippen LogP contribution is 2.26. The van der Waals surface area contributed by atoms with Gasteiger partial charge in [0.05, 0.1) is 10.0 Å². The van der Waals surface area contributed by atoms with Crippen LogP contribution in [0.3, 0.4) is 0 Å². The number of carbonyl (C=O) groups excluding carboxylic acids is 1. The maximum Gasteiger partial charge on any atom is 0.421 e. The SMILES string of the molecule is O=C(Cn1cccc(C(F)(F)F)c1=O)Nc1ccc(Cl)c(Cl)c1. The van der Waals surface area contributed by atoms with Gasteiger partial charge < -0.3 is 9.88 Å². The molecule has 0 aliphatic heterocycles. The fourth-order valence-corrected chi connectivity index (χ4v) is 2.10. The predicted octanol–water partition coefficient (Wildman–Crippen LogP) is 3.81. The summed E-state index contributed by atoms with van der Waals surface area (Å²) in [6.07, 6.45) is -3.67. The molecule has 2 rings (SSSR count). The Balaban J connectivity index is 2.18. The average molecular weight is 365 g/mol. The van der Waals surface area contributed by atoms with Crippen molar-refractivity contribution in [3.05, 3.63) is 62.5 Å². The first kappa shape index (κ1) is 17.4. The number of carbonyl (C=O) groups is 1. The Bertz CT molecular complexity index is 803. The Labute approximate surface area is 138 Å². The molecule has 23 heavy (non-hydrogen) atoms. The molecule has 4 nitrogen and oxygen atoms in total. The van der Waals surface area contributed by atoms with Gasteiger partial charge in [-0.25, -0.2) is 0 Å². The third kappa shape index (κ3) is 4.27. The highest BCUT2D eigenvalue weighted by Gasteiger charge is 2.34. The first-order chi connectivity index (χ1) is 10.7. The van der Waals surface area contributed by atoms with Gasteiger partial charge in [0.2, 0.25) is 5.91 Å². The van der Waals surface area contributed by atoms with Crippen LogP contribution in [-0.4, -0.2) is 10.5 Å². The van der Waals surface area contributed by atoms with Gasteiger partial charge in [0.1, 0.15) is 12.1 Å². The highest BCUT2D eigenvalue weighted by atomic mass is 35.5. The van der Waals surface area contributed by atoms with E-state index < -0.39 is 29.8 Å². The van der Waals surface area contributed by atoms with E-state index in [1.165, 1.54) is 18.2 Å². The average Bonchev–Trinajstić information content (AvgIpc) is 2.44. The fourth-order valence-electron chi connectivity index (χ4n) is 1.81. The lowest BCUT2D eigenvalue weighted by Gasteiger charge is -2.11. The van der Waals surface area contributed by atoms with Crippen molar-refractivity contribution in [3.8, 4) is 0 Å². The molecule has 1 N–H and O–H groups in total. The van der Waals surface area contributed by atoms with Gasteiger partial charge in [0.25, 0.3) is 5.56 Å². The summed E-state index contributed by atoms with van der Waals surface area (Å²) in [5.74, 6) is -0.676. The molecule has 9 heteroatoms. The zero-order chi connectivity index (χ0) is 17.2. The van der Waals surface area contributed by atoms with E-state index in [1.807, 2.05) is 0 Å². The minimum Gasteiger partial charge on any atom is -0.324 e. The topological polar surface area (TPSA) is 51.1 Å². The molecule has 1 aromatic heterocycles. The number of amides is 1. The first-order valence-electron chi connectivity index (χ1n) is 6.20. The summed E-state index contributed by atoms with van der Waals surface area (Å²) in [5, 5.41) is 2.92. The molecule has 0 saturated heterocycles. The van der Waals surface area contributed by atoms with Crippen LogP contribution < -0.4 is 10.9 Å². The van der Waals surface area contributed by atoms with Crippen LogP contribution in [0.2, 0.25) is 10.0 Å². The Morgan fingerprint density at radius 3 is 2.48 bits per heavy atom. The molecule has 0 aliphatic carbocycles. The summed E-state index contributed by atoms with van der Waals surface area (Å²) in [7, 11) is 0. The van der Waals surface area contributed by atoms with Crippen LogP contribution in [0.4, 0.5) is 18.9 Å². The van der Waals surface area contributed by atoms with Crippen molar-refractivity contribution in [2.24, 2.45) is 0 Å². The van der Waals surface area contributed by atoms with E-state index in [0.29, 0.717) is 21.3 Å². The molecule has 0 unspecified atom stereocenters. The number of anilines is 1. The minimum absolute atomic E-state index is 0.209. The number of rotatable bonds is 3. The van der Waals surface area contributed by atoms with E-state index in [4.69, 9.17) is 23.2 Å². The number of nitrogens with one attached hydrogen (secondary N) is 1. The Morgan fingerprint density at radius 1 is 1.17 bits per heavy atom. The quantitative estimate of drug-likeness (QED) is 0.899. The van der Waals surface area contributed by atoms with Gasteiger partial charge in [-0.05, 0) is 30.3 Å². The van der Waals surface area contributed by atoms with E-state index in [1.54, 1.807) is 0 Å². The first-order valence-corrected chi connectivity index (χ1v) is 6.95. The zero-order valence-corrected chi connectivity index (χ0v) is 12.8. The van der Waals surface area contributed by atoms with E-state index in [-0.39, 0.29) is 5.02 Å². The molecule has 0 fully saturated rings. The van der Waals surface area contributed by atoms with Crippen LogP contribution >= 0.6 is 23.2 Å². The summed E-state index contributed by atoms with van der Waals surface area (Å²) in [4.78, 5) is 23.6. The molecule has 1 amide bonds. The molecule has 0 aliphatic rings. The molecular weight excluding hydrogens is 356 g/mol. The van der Waals surface area contributed by atoms with Gasteiger partial charge in [-0.1, -0.05) is 23.2 Å². The standard InChI is InChI=1S/C14H9Cl2F3N2O2/c15-10-4-3-8(6-11(10)16)20-12(22)7-21-5-1-2-9(13(21)23)14(17,18)19/h1-6H,7H2,(H,20,22). The van der Waals surface area contributed by atoms with Crippen LogP contribution in [-0.2, 0) is 17.5 Å². The summed E-state index contributed by atoms with van der Waals surface area (Å²) in [6.45, 7) is -0.566. The van der Waals surface area contributed by atoms with Crippen LogP contribution in [0.5, 0.6) is 0 Å². The van der Waals surface area contributed by atoms with E-state index >= 15 is 0 Å². The molecule has 1 heterocycles. The van der Waals surface area contributed by atoms with Crippen molar-refractivity contribution in [2.75, 3.05) is 5.32 Å². The van der Waals surface area contributed by atoms with Crippen LogP contribution in [0.15, 0.2) is 41.3 Å². The van der Waals surface area contributed by atoms with Crippen molar-refractivity contribution >= 4 is 34.8 Å². The Hall–Kier alpha value is -1.99. The molecular formula is C14H9Cl2F3N2O2. The third-order valence-corrected chi connectivity index (χ3v) is 3.58. The Morgan fingerprint density at radius 2 is 1.87 bits per heavy atom. The monoisotopic (exact) mass is 364 g/mol. The fraction of sp³-hybridized carbons (Fsp3) is 0.143. The number of benzene rings is 1. The van der Waals surface area contributed by atoms with Gasteiger partial charge in [0, 0.05) is 11.9 Å². The molecule has 2 aromatic rings. The lowest BCUT2D eigenvalue weighted by Crippen LogP contribution is -2.31. The van der Waals surface area contributed by atoms with Gasteiger partial charge >= 0.3 is 6.18 Å². The predicted molar refractivity (Wildman–Crippen MR) is 80.8 cm³/mol. The lowest BCUT2D eigenvalue weighted by atomic mass is 10.2. The van der Waals surface area contributed by atoms with Gasteiger partial charge in [0.15, 0.2) is 0 Å². The highest BCUT2D eigenvalue weighted by molar-refractivity contribution is 6.42. The maximum atomic E-state index is 12.7. The minimum atomic E-state index is -4.78. The number of halogens is 5. The normalized spacial score (nSPS) is 11.3. The van der Waals surface area contributed by atoms with Crippen LogP contribution in [0, 0.1) is 0 Å². The summed E-state index contributed by atoms with van der Waals surface area (Å²) >= 11 is 11.5. The van der Waals surface area contributed by atoms with Crippen molar-refractivity contribution < 1.29 is 18.0 Å². The maximum absolute atomic E-state index is 12.7. The number of aromatic nitrogens is 1. The summed E-state index contributed by atoms with van der Waals surface area (Å²) < 4.78 is 38.6. The second-order valence-electron chi connectivity index (χ2n) is 4.53. The smallest absolute Gasteiger partial charge is 0.324 e. The second-order valence-corrected chi connectivity index (χ2v) is 5.34.